The molecule has 6 nitrogen and oxygen atoms in total. The van der Waals surface area contributed by atoms with Gasteiger partial charge in [-0.15, -0.1) is 0 Å². The Kier molecular flexibility index (Phi) is 5.06. The molecule has 1 N–H and O–H groups in total. The summed E-state index contributed by atoms with van der Waals surface area (Å²) < 4.78 is 19.2. The average molecular weight is 381 g/mol. The third-order valence-corrected chi connectivity index (χ3v) is 4.93. The number of nitrogens with one attached hydrogen (secondary N) is 1. The molecule has 0 bridgehead atoms. The summed E-state index contributed by atoms with van der Waals surface area (Å²) in [5, 5.41) is 0. The molecule has 2 aromatic heterocycles. The van der Waals surface area contributed by atoms with E-state index < -0.39 is 0 Å². The molecular weight excluding hydrogens is 361 g/mol. The molecule has 1 saturated heterocycles. The second kappa shape index (κ2) is 7.80. The predicted molar refractivity (Wildman–Crippen MR) is 101 cm³/mol. The van der Waals surface area contributed by atoms with Gasteiger partial charge in [-0.25, -0.2) is 9.37 Å². The number of hydrogen-bond donors (Lipinski definition) is 1. The van der Waals surface area contributed by atoms with Crippen molar-refractivity contribution in [3.63, 3.8) is 0 Å². The summed E-state index contributed by atoms with van der Waals surface area (Å²) in [5.74, 6) is 0.894. The second-order valence-corrected chi connectivity index (χ2v) is 7.00. The van der Waals surface area contributed by atoms with E-state index in [9.17, 15) is 14.0 Å². The van der Waals surface area contributed by atoms with E-state index in [1.807, 2.05) is 6.07 Å². The van der Waals surface area contributed by atoms with Crippen LogP contribution in [-0.4, -0.2) is 33.9 Å². The molecule has 1 aliphatic heterocycles. The lowest BCUT2D eigenvalue weighted by molar-refractivity contribution is 0.0697. The smallest absolute Gasteiger partial charge is 0.255 e. The topological polar surface area (TPSA) is 79.2 Å². The van der Waals surface area contributed by atoms with Gasteiger partial charge in [0.1, 0.15) is 11.6 Å². The highest BCUT2D eigenvalue weighted by Crippen LogP contribution is 2.28. The normalized spacial score (nSPS) is 16.9. The molecule has 0 saturated carbocycles. The lowest BCUT2D eigenvalue weighted by Gasteiger charge is -2.31. The first-order valence-corrected chi connectivity index (χ1v) is 9.25. The van der Waals surface area contributed by atoms with Gasteiger partial charge in [-0.05, 0) is 36.6 Å². The number of rotatable bonds is 4. The number of halogens is 1. The van der Waals surface area contributed by atoms with Crippen LogP contribution in [0, 0.1) is 5.82 Å². The summed E-state index contributed by atoms with van der Waals surface area (Å²) in [6, 6.07) is 9.28. The molecule has 1 atom stereocenters. The Morgan fingerprint density at radius 1 is 1.32 bits per heavy atom. The molecule has 0 spiro atoms. The third kappa shape index (κ3) is 4.03. The molecule has 1 fully saturated rings. The monoisotopic (exact) mass is 381 g/mol. The first-order valence-electron chi connectivity index (χ1n) is 9.25. The van der Waals surface area contributed by atoms with Crippen LogP contribution in [0.5, 0.6) is 0 Å². The van der Waals surface area contributed by atoms with E-state index >= 15 is 0 Å². The molecule has 144 valence electrons. The van der Waals surface area contributed by atoms with E-state index in [1.165, 1.54) is 30.5 Å². The fourth-order valence-electron chi connectivity index (χ4n) is 3.53. The zero-order valence-corrected chi connectivity index (χ0v) is 15.2. The van der Waals surface area contributed by atoms with Gasteiger partial charge in [0, 0.05) is 31.8 Å². The Morgan fingerprint density at radius 2 is 2.21 bits per heavy atom. The minimum absolute atomic E-state index is 0.0155. The van der Waals surface area contributed by atoms with E-state index in [1.54, 1.807) is 17.2 Å². The first-order chi connectivity index (χ1) is 13.6. The van der Waals surface area contributed by atoms with Crippen molar-refractivity contribution < 1.29 is 13.6 Å². The van der Waals surface area contributed by atoms with E-state index in [0.29, 0.717) is 36.7 Å². The minimum atomic E-state index is -0.277. The van der Waals surface area contributed by atoms with Gasteiger partial charge in [0.25, 0.3) is 5.91 Å². The van der Waals surface area contributed by atoms with Gasteiger partial charge in [-0.3, -0.25) is 9.59 Å². The van der Waals surface area contributed by atoms with Gasteiger partial charge in [-0.1, -0.05) is 12.1 Å². The van der Waals surface area contributed by atoms with Crippen molar-refractivity contribution in [2.24, 2.45) is 0 Å². The van der Waals surface area contributed by atoms with Crippen LogP contribution in [0.2, 0.25) is 0 Å². The van der Waals surface area contributed by atoms with Gasteiger partial charge in [0.2, 0.25) is 5.56 Å². The zero-order valence-electron chi connectivity index (χ0n) is 15.2. The number of oxazole rings is 1. The largest absolute Gasteiger partial charge is 0.445 e. The SMILES string of the molecule is O=C(c1ccc(=O)[nH]c1)N1CCC[C@H](c2ncc(Cc3cccc(F)c3)o2)C1. The summed E-state index contributed by atoms with van der Waals surface area (Å²) in [6.07, 6.45) is 5.31. The maximum atomic E-state index is 13.3. The van der Waals surface area contributed by atoms with Crippen LogP contribution >= 0.6 is 0 Å². The molecule has 0 unspecified atom stereocenters. The van der Waals surface area contributed by atoms with Crippen molar-refractivity contribution in [3.8, 4) is 0 Å². The molecule has 7 heteroatoms. The van der Waals surface area contributed by atoms with Gasteiger partial charge < -0.3 is 14.3 Å². The molecule has 0 aliphatic carbocycles. The van der Waals surface area contributed by atoms with Crippen LogP contribution in [0.3, 0.4) is 0 Å². The quantitative estimate of drug-likeness (QED) is 0.753. The number of aromatic nitrogens is 2. The van der Waals surface area contributed by atoms with Gasteiger partial charge >= 0.3 is 0 Å². The highest BCUT2D eigenvalue weighted by atomic mass is 19.1. The number of pyridine rings is 1. The fourth-order valence-corrected chi connectivity index (χ4v) is 3.53. The Morgan fingerprint density at radius 3 is 3.00 bits per heavy atom. The molecule has 0 radical (unpaired) electrons. The Balaban J connectivity index is 1.44. The van der Waals surface area contributed by atoms with Crippen LogP contribution in [-0.2, 0) is 6.42 Å². The number of carbonyl (C=O) groups excluding carboxylic acids is 1. The number of nitrogens with zero attached hydrogens (tertiary/aromatic N) is 2. The van der Waals surface area contributed by atoms with Crippen LogP contribution in [0.25, 0.3) is 0 Å². The average Bonchev–Trinajstić information content (AvgIpc) is 3.17. The number of carbonyl (C=O) groups is 1. The van der Waals surface area contributed by atoms with Crippen LogP contribution in [0.1, 0.15) is 46.3 Å². The highest BCUT2D eigenvalue weighted by Gasteiger charge is 2.28. The molecular formula is C21H20FN3O3. The van der Waals surface area contributed by atoms with Crippen LogP contribution < -0.4 is 5.56 Å². The minimum Gasteiger partial charge on any atom is -0.445 e. The number of amides is 1. The van der Waals surface area contributed by atoms with E-state index in [0.717, 1.165) is 18.4 Å². The Labute approximate surface area is 161 Å². The van der Waals surface area contributed by atoms with Crippen molar-refractivity contribution in [1.29, 1.82) is 0 Å². The van der Waals surface area contributed by atoms with Crippen molar-refractivity contribution in [2.45, 2.75) is 25.2 Å². The van der Waals surface area contributed by atoms with Crippen LogP contribution in [0.4, 0.5) is 4.39 Å². The Hall–Kier alpha value is -3.22. The van der Waals surface area contributed by atoms with Gasteiger partial charge in [0.05, 0.1) is 17.7 Å². The van der Waals surface area contributed by atoms with Crippen molar-refractivity contribution in [1.82, 2.24) is 14.9 Å². The number of hydrogen-bond acceptors (Lipinski definition) is 4. The van der Waals surface area contributed by atoms with Crippen molar-refractivity contribution >= 4 is 5.91 Å². The number of likely N-dealkylation sites (tertiary alicyclic amines) is 1. The van der Waals surface area contributed by atoms with Crippen LogP contribution in [0.15, 0.2) is 58.0 Å². The van der Waals surface area contributed by atoms with Crippen molar-refractivity contribution in [3.05, 3.63) is 87.7 Å². The number of H-pyrrole nitrogens is 1. The maximum Gasteiger partial charge on any atom is 0.255 e. The molecule has 4 rings (SSSR count). The lowest BCUT2D eigenvalue weighted by Crippen LogP contribution is -2.39. The highest BCUT2D eigenvalue weighted by molar-refractivity contribution is 5.93. The summed E-state index contributed by atoms with van der Waals surface area (Å²) in [5.41, 5.74) is 1.04. The molecule has 3 heterocycles. The number of benzene rings is 1. The molecule has 28 heavy (non-hydrogen) atoms. The van der Waals surface area contributed by atoms with Gasteiger partial charge in [0.15, 0.2) is 5.89 Å². The van der Waals surface area contributed by atoms with Gasteiger partial charge in [-0.2, -0.15) is 0 Å². The van der Waals surface area contributed by atoms with E-state index in [4.69, 9.17) is 4.42 Å². The van der Waals surface area contributed by atoms with E-state index in [2.05, 4.69) is 9.97 Å². The fraction of sp³-hybridized carbons (Fsp3) is 0.286. The molecule has 1 aliphatic rings. The molecule has 1 aromatic carbocycles. The second-order valence-electron chi connectivity index (χ2n) is 7.00. The van der Waals surface area contributed by atoms with Crippen molar-refractivity contribution in [2.75, 3.05) is 13.1 Å². The summed E-state index contributed by atoms with van der Waals surface area (Å²) in [7, 11) is 0. The zero-order chi connectivity index (χ0) is 19.5. The standard InChI is InChI=1S/C21H20FN3O3/c22-17-5-1-3-14(9-17)10-18-12-24-20(28-18)16-4-2-8-25(13-16)21(27)15-6-7-19(26)23-11-15/h1,3,5-7,9,11-12,16H,2,4,8,10,13H2,(H,23,26)/t16-/m0/s1. The first kappa shape index (κ1) is 18.2. The lowest BCUT2D eigenvalue weighted by atomic mass is 9.97. The Bertz CT molecular complexity index is 1020. The summed E-state index contributed by atoms with van der Waals surface area (Å²) in [6.45, 7) is 1.17. The number of aromatic amines is 1. The third-order valence-electron chi connectivity index (χ3n) is 4.93. The predicted octanol–water partition coefficient (Wildman–Crippen LogP) is 3.11. The molecule has 1 amide bonds. The number of piperidine rings is 1. The maximum absolute atomic E-state index is 13.3. The summed E-state index contributed by atoms with van der Waals surface area (Å²) >= 11 is 0. The van der Waals surface area contributed by atoms with E-state index in [-0.39, 0.29) is 23.2 Å². The molecule has 3 aromatic rings. The summed E-state index contributed by atoms with van der Waals surface area (Å²) in [4.78, 5) is 32.6.